The molecule has 0 saturated carbocycles. The number of benzene rings is 1. The quantitative estimate of drug-likeness (QED) is 0.669. The average Bonchev–Trinajstić information content (AvgIpc) is 2.28. The molecule has 4 N–H and O–H groups in total. The van der Waals surface area contributed by atoms with Crippen molar-refractivity contribution >= 4 is 21.9 Å². The number of nitrogens with two attached hydrogens (primary N) is 1. The lowest BCUT2D eigenvalue weighted by Gasteiger charge is -2.11. The van der Waals surface area contributed by atoms with Crippen molar-refractivity contribution in [2.75, 3.05) is 13.1 Å². The maximum atomic E-state index is 10.4. The molecular weight excluding hydrogens is 296 g/mol. The first-order valence-corrected chi connectivity index (χ1v) is 6.71. The molecule has 0 heterocycles. The van der Waals surface area contributed by atoms with Crippen LogP contribution in [0.25, 0.3) is 0 Å². The molecule has 0 spiro atoms. The van der Waals surface area contributed by atoms with E-state index in [2.05, 4.69) is 40.3 Å². The van der Waals surface area contributed by atoms with E-state index in [1.165, 1.54) is 11.1 Å². The van der Waals surface area contributed by atoms with Crippen molar-refractivity contribution in [2.45, 2.75) is 25.8 Å². The molecule has 1 rings (SSSR count). The maximum Gasteiger partial charge on any atom is 0.304 e. The Morgan fingerprint density at radius 1 is 1.56 bits per heavy atom. The Morgan fingerprint density at radius 3 is 2.94 bits per heavy atom. The van der Waals surface area contributed by atoms with Crippen molar-refractivity contribution in [3.8, 4) is 0 Å². The second-order valence-corrected chi connectivity index (χ2v) is 5.30. The van der Waals surface area contributed by atoms with Crippen LogP contribution in [0.3, 0.4) is 0 Å². The molecule has 0 aliphatic carbocycles. The highest BCUT2D eigenvalue weighted by molar-refractivity contribution is 9.10. The van der Waals surface area contributed by atoms with Gasteiger partial charge in [-0.3, -0.25) is 4.79 Å². The molecule has 0 aliphatic heterocycles. The van der Waals surface area contributed by atoms with Gasteiger partial charge in [-0.1, -0.05) is 22.0 Å². The largest absolute Gasteiger partial charge is 0.481 e. The molecule has 18 heavy (non-hydrogen) atoms. The summed E-state index contributed by atoms with van der Waals surface area (Å²) in [5.41, 5.74) is 8.20. The summed E-state index contributed by atoms with van der Waals surface area (Å²) in [6, 6.07) is 5.88. The van der Waals surface area contributed by atoms with Gasteiger partial charge in [0, 0.05) is 17.1 Å². The Bertz CT molecular complexity index is 410. The van der Waals surface area contributed by atoms with Crippen molar-refractivity contribution < 1.29 is 9.90 Å². The highest BCUT2D eigenvalue weighted by Crippen LogP contribution is 2.16. The van der Waals surface area contributed by atoms with E-state index in [0.29, 0.717) is 6.54 Å². The Kier molecular flexibility index (Phi) is 6.32. The highest BCUT2D eigenvalue weighted by Gasteiger charge is 2.07. The zero-order valence-corrected chi connectivity index (χ0v) is 12.0. The molecule has 0 bridgehead atoms. The second-order valence-electron chi connectivity index (χ2n) is 4.38. The number of hydrogen-bond donors (Lipinski definition) is 3. The Hall–Kier alpha value is -0.910. The van der Waals surface area contributed by atoms with Gasteiger partial charge in [-0.05, 0) is 43.1 Å². The fraction of sp³-hybridized carbons (Fsp3) is 0.462. The summed E-state index contributed by atoms with van der Waals surface area (Å²) in [7, 11) is 0. The number of aryl methyl sites for hydroxylation is 1. The number of rotatable bonds is 7. The molecule has 0 fully saturated rings. The summed E-state index contributed by atoms with van der Waals surface area (Å²) in [4.78, 5) is 10.4. The molecule has 1 aromatic carbocycles. The molecule has 4 nitrogen and oxygen atoms in total. The minimum absolute atomic E-state index is 0.00289. The summed E-state index contributed by atoms with van der Waals surface area (Å²) in [5, 5.41) is 11.8. The third kappa shape index (κ3) is 5.62. The van der Waals surface area contributed by atoms with Crippen LogP contribution in [0.15, 0.2) is 22.7 Å². The van der Waals surface area contributed by atoms with Gasteiger partial charge in [0.2, 0.25) is 0 Å². The van der Waals surface area contributed by atoms with E-state index in [1.54, 1.807) is 0 Å². The van der Waals surface area contributed by atoms with Gasteiger partial charge < -0.3 is 16.2 Å². The van der Waals surface area contributed by atoms with E-state index < -0.39 is 5.97 Å². The van der Waals surface area contributed by atoms with Crippen LogP contribution in [-0.4, -0.2) is 30.2 Å². The molecule has 1 aromatic rings. The lowest BCUT2D eigenvalue weighted by molar-refractivity contribution is -0.137. The van der Waals surface area contributed by atoms with Crippen LogP contribution in [0.5, 0.6) is 0 Å². The third-order valence-electron chi connectivity index (χ3n) is 2.73. The minimum Gasteiger partial charge on any atom is -0.481 e. The molecule has 5 heteroatoms. The van der Waals surface area contributed by atoms with E-state index in [1.807, 2.05) is 6.07 Å². The monoisotopic (exact) mass is 314 g/mol. The van der Waals surface area contributed by atoms with Crippen LogP contribution in [0.1, 0.15) is 17.5 Å². The Morgan fingerprint density at radius 2 is 2.28 bits per heavy atom. The van der Waals surface area contributed by atoms with Crippen molar-refractivity contribution in [3.63, 3.8) is 0 Å². The van der Waals surface area contributed by atoms with Crippen LogP contribution in [0.4, 0.5) is 0 Å². The van der Waals surface area contributed by atoms with Crippen molar-refractivity contribution in [1.82, 2.24) is 5.32 Å². The number of carboxylic acid groups (broad SMARTS) is 1. The summed E-state index contributed by atoms with van der Waals surface area (Å²) < 4.78 is 1.07. The van der Waals surface area contributed by atoms with Gasteiger partial charge in [0.15, 0.2) is 0 Å². The first kappa shape index (κ1) is 15.1. The van der Waals surface area contributed by atoms with Gasteiger partial charge >= 0.3 is 5.97 Å². The second kappa shape index (κ2) is 7.51. The fourth-order valence-electron chi connectivity index (χ4n) is 1.72. The van der Waals surface area contributed by atoms with Crippen LogP contribution >= 0.6 is 15.9 Å². The molecule has 100 valence electrons. The zero-order chi connectivity index (χ0) is 13.5. The Labute approximate surface area is 116 Å². The van der Waals surface area contributed by atoms with E-state index in [9.17, 15) is 4.79 Å². The number of aliphatic carboxylic acids is 1. The van der Waals surface area contributed by atoms with Crippen molar-refractivity contribution in [1.29, 1.82) is 0 Å². The predicted molar refractivity (Wildman–Crippen MR) is 75.7 cm³/mol. The van der Waals surface area contributed by atoms with E-state index in [-0.39, 0.29) is 12.5 Å². The van der Waals surface area contributed by atoms with Crippen molar-refractivity contribution in [2.24, 2.45) is 5.73 Å². The molecule has 0 amide bonds. The lowest BCUT2D eigenvalue weighted by Crippen LogP contribution is -2.36. The fourth-order valence-corrected chi connectivity index (χ4v) is 2.12. The van der Waals surface area contributed by atoms with Gasteiger partial charge in [-0.15, -0.1) is 0 Å². The number of nitrogens with one attached hydrogen (secondary N) is 1. The average molecular weight is 315 g/mol. The molecule has 1 unspecified atom stereocenters. The molecule has 0 aliphatic rings. The van der Waals surface area contributed by atoms with E-state index >= 15 is 0 Å². The van der Waals surface area contributed by atoms with Crippen LogP contribution in [0.2, 0.25) is 0 Å². The van der Waals surface area contributed by atoms with Crippen LogP contribution < -0.4 is 11.1 Å². The normalized spacial score (nSPS) is 12.4. The smallest absolute Gasteiger partial charge is 0.304 e. The van der Waals surface area contributed by atoms with Gasteiger partial charge in [0.1, 0.15) is 0 Å². The topological polar surface area (TPSA) is 75.3 Å². The minimum atomic E-state index is -0.855. The Balaban J connectivity index is 2.29. The summed E-state index contributed by atoms with van der Waals surface area (Å²) in [5.74, 6) is -0.855. The van der Waals surface area contributed by atoms with E-state index in [4.69, 9.17) is 10.8 Å². The zero-order valence-electron chi connectivity index (χ0n) is 10.4. The van der Waals surface area contributed by atoms with E-state index in [0.717, 1.165) is 17.4 Å². The summed E-state index contributed by atoms with van der Waals surface area (Å²) in [6.07, 6.45) is 0.911. The number of carboxylic acids is 1. The number of hydrogen-bond acceptors (Lipinski definition) is 3. The SMILES string of the molecule is Cc1ccc(Br)cc1CCNCC(N)CC(=O)O. The van der Waals surface area contributed by atoms with Gasteiger partial charge in [0.25, 0.3) is 0 Å². The summed E-state index contributed by atoms with van der Waals surface area (Å²) in [6.45, 7) is 3.40. The lowest BCUT2D eigenvalue weighted by atomic mass is 10.1. The van der Waals surface area contributed by atoms with Gasteiger partial charge in [-0.2, -0.15) is 0 Å². The molecule has 0 saturated heterocycles. The van der Waals surface area contributed by atoms with Gasteiger partial charge in [-0.25, -0.2) is 0 Å². The van der Waals surface area contributed by atoms with Crippen LogP contribution in [-0.2, 0) is 11.2 Å². The molecule has 1 atom stereocenters. The standard InChI is InChI=1S/C13H19BrN2O2/c1-9-2-3-11(14)6-10(9)4-5-16-8-12(15)7-13(17)18/h2-3,6,12,16H,4-5,7-8,15H2,1H3,(H,17,18). The van der Waals surface area contributed by atoms with Crippen LogP contribution in [0, 0.1) is 6.92 Å². The van der Waals surface area contributed by atoms with Gasteiger partial charge in [0.05, 0.1) is 6.42 Å². The molecular formula is C13H19BrN2O2. The highest BCUT2D eigenvalue weighted by atomic mass is 79.9. The first-order chi connectivity index (χ1) is 8.49. The summed E-state index contributed by atoms with van der Waals surface area (Å²) >= 11 is 3.45. The first-order valence-electron chi connectivity index (χ1n) is 5.92. The third-order valence-corrected chi connectivity index (χ3v) is 3.22. The number of carbonyl (C=O) groups is 1. The maximum absolute atomic E-state index is 10.4. The predicted octanol–water partition coefficient (Wildman–Crippen LogP) is 1.69. The molecule has 0 radical (unpaired) electrons. The van der Waals surface area contributed by atoms with Crippen molar-refractivity contribution in [3.05, 3.63) is 33.8 Å². The molecule has 0 aromatic heterocycles. The number of halogens is 1.